The second-order valence-electron chi connectivity index (χ2n) is 8.74. The highest BCUT2D eigenvalue weighted by molar-refractivity contribution is 6.05. The summed E-state index contributed by atoms with van der Waals surface area (Å²) < 4.78 is 0. The van der Waals surface area contributed by atoms with Crippen molar-refractivity contribution in [3.05, 3.63) is 77.4 Å². The zero-order valence-corrected chi connectivity index (χ0v) is 17.8. The summed E-state index contributed by atoms with van der Waals surface area (Å²) in [4.78, 5) is 27.5. The van der Waals surface area contributed by atoms with Crippen molar-refractivity contribution < 1.29 is 9.59 Å². The lowest BCUT2D eigenvalue weighted by atomic mass is 9.95. The van der Waals surface area contributed by atoms with Crippen LogP contribution in [0, 0.1) is 5.92 Å². The number of carbonyl (C=O) groups is 2. The lowest BCUT2D eigenvalue weighted by Crippen LogP contribution is -2.41. The molecule has 0 bridgehead atoms. The van der Waals surface area contributed by atoms with E-state index in [1.165, 1.54) is 22.1 Å². The smallest absolute Gasteiger partial charge is 0.227 e. The fraction of sp³-hybridized carbons (Fsp3) is 0.333. The van der Waals surface area contributed by atoms with Gasteiger partial charge in [0.05, 0.1) is 0 Å². The molecular weight excluding hydrogens is 384 g/mol. The molecule has 0 aromatic heterocycles. The Hall–Kier alpha value is -3.14. The molecule has 3 aromatic carbocycles. The number of amides is 2. The van der Waals surface area contributed by atoms with Gasteiger partial charge in [-0.3, -0.25) is 9.59 Å². The van der Waals surface area contributed by atoms with Crippen molar-refractivity contribution in [2.24, 2.45) is 5.92 Å². The summed E-state index contributed by atoms with van der Waals surface area (Å²) in [6.07, 6.45) is 4.92. The van der Waals surface area contributed by atoms with Crippen LogP contribution in [0.25, 0.3) is 10.8 Å². The molecule has 2 amide bonds. The van der Waals surface area contributed by atoms with E-state index < -0.39 is 0 Å². The van der Waals surface area contributed by atoms with Crippen molar-refractivity contribution in [2.45, 2.75) is 38.5 Å². The van der Waals surface area contributed by atoms with Gasteiger partial charge in [-0.1, -0.05) is 54.6 Å². The predicted octanol–water partition coefficient (Wildman–Crippen LogP) is 4.75. The monoisotopic (exact) mass is 412 g/mol. The minimum absolute atomic E-state index is 0.0405. The normalized spacial score (nSPS) is 15.9. The van der Waals surface area contributed by atoms with Crippen LogP contribution in [0.3, 0.4) is 0 Å². The first-order chi connectivity index (χ1) is 15.2. The molecule has 1 heterocycles. The topological polar surface area (TPSA) is 49.4 Å². The highest BCUT2D eigenvalue weighted by Gasteiger charge is 2.27. The van der Waals surface area contributed by atoms with Crippen molar-refractivity contribution in [2.75, 3.05) is 18.4 Å². The first kappa shape index (κ1) is 19.8. The Morgan fingerprint density at radius 2 is 1.61 bits per heavy atom. The third-order valence-electron chi connectivity index (χ3n) is 6.82. The average Bonchev–Trinajstić information content (AvgIpc) is 3.24. The summed E-state index contributed by atoms with van der Waals surface area (Å²) >= 11 is 0. The van der Waals surface area contributed by atoms with Gasteiger partial charge in [0.1, 0.15) is 0 Å². The van der Waals surface area contributed by atoms with Gasteiger partial charge in [-0.2, -0.15) is 0 Å². The number of piperidine rings is 1. The number of nitrogens with one attached hydrogen (secondary N) is 1. The Balaban J connectivity index is 1.18. The number of rotatable bonds is 5. The van der Waals surface area contributed by atoms with Crippen molar-refractivity contribution in [1.29, 1.82) is 0 Å². The van der Waals surface area contributed by atoms with Gasteiger partial charge < -0.3 is 10.2 Å². The molecule has 0 spiro atoms. The summed E-state index contributed by atoms with van der Waals surface area (Å²) in [6, 6.07) is 20.7. The molecule has 2 aliphatic rings. The molecule has 1 saturated heterocycles. The number of likely N-dealkylation sites (tertiary alicyclic amines) is 1. The fourth-order valence-corrected chi connectivity index (χ4v) is 5.04. The fourth-order valence-electron chi connectivity index (χ4n) is 5.04. The van der Waals surface area contributed by atoms with Crippen LogP contribution in [0.2, 0.25) is 0 Å². The van der Waals surface area contributed by atoms with Crippen LogP contribution in [-0.4, -0.2) is 29.8 Å². The quantitative estimate of drug-likeness (QED) is 0.658. The third-order valence-corrected chi connectivity index (χ3v) is 6.82. The largest absolute Gasteiger partial charge is 0.343 e. The molecule has 1 aliphatic heterocycles. The van der Waals surface area contributed by atoms with Gasteiger partial charge in [0, 0.05) is 36.5 Å². The number of nitrogens with zero attached hydrogens (tertiary/aromatic N) is 1. The number of anilines is 1. The SMILES string of the molecule is O=C(Nc1ccc2c3c(cccc13)CC2)C1CCN(C(=O)CCc2ccccc2)CC1. The van der Waals surface area contributed by atoms with Gasteiger partial charge in [0.15, 0.2) is 0 Å². The number of hydrogen-bond acceptors (Lipinski definition) is 2. The highest BCUT2D eigenvalue weighted by atomic mass is 16.2. The van der Waals surface area contributed by atoms with E-state index in [9.17, 15) is 9.59 Å². The van der Waals surface area contributed by atoms with Gasteiger partial charge in [-0.25, -0.2) is 0 Å². The van der Waals surface area contributed by atoms with Crippen LogP contribution in [0.5, 0.6) is 0 Å². The highest BCUT2D eigenvalue weighted by Crippen LogP contribution is 2.35. The lowest BCUT2D eigenvalue weighted by molar-refractivity contribution is -0.134. The van der Waals surface area contributed by atoms with Crippen LogP contribution in [0.4, 0.5) is 5.69 Å². The summed E-state index contributed by atoms with van der Waals surface area (Å²) in [5.41, 5.74) is 4.86. The van der Waals surface area contributed by atoms with Gasteiger partial charge in [-0.05, 0) is 60.2 Å². The standard InChI is InChI=1S/C27H28N2O2/c30-25(14-9-19-5-2-1-3-6-19)29-17-15-22(16-18-29)27(31)28-24-13-12-21-11-10-20-7-4-8-23(24)26(20)21/h1-8,12-13,22H,9-11,14-18H2,(H,28,31). The van der Waals surface area contributed by atoms with Crippen LogP contribution in [0.15, 0.2) is 60.7 Å². The molecule has 0 atom stereocenters. The van der Waals surface area contributed by atoms with E-state index in [-0.39, 0.29) is 17.7 Å². The molecule has 4 heteroatoms. The molecule has 3 aromatic rings. The molecule has 158 valence electrons. The first-order valence-electron chi connectivity index (χ1n) is 11.3. The minimum Gasteiger partial charge on any atom is -0.343 e. The van der Waals surface area contributed by atoms with Crippen LogP contribution < -0.4 is 5.32 Å². The maximum Gasteiger partial charge on any atom is 0.227 e. The first-order valence-corrected chi connectivity index (χ1v) is 11.3. The van der Waals surface area contributed by atoms with Crippen molar-refractivity contribution in [3.63, 3.8) is 0 Å². The van der Waals surface area contributed by atoms with Crippen molar-refractivity contribution in [3.8, 4) is 0 Å². The van der Waals surface area contributed by atoms with Crippen molar-refractivity contribution >= 4 is 28.3 Å². The minimum atomic E-state index is -0.0405. The number of benzene rings is 3. The maximum absolute atomic E-state index is 13.0. The molecule has 0 saturated carbocycles. The zero-order chi connectivity index (χ0) is 21.2. The van der Waals surface area contributed by atoms with Crippen LogP contribution in [-0.2, 0) is 28.9 Å². The zero-order valence-electron chi connectivity index (χ0n) is 17.8. The summed E-state index contributed by atoms with van der Waals surface area (Å²) in [5, 5.41) is 5.65. The van der Waals surface area contributed by atoms with Crippen LogP contribution >= 0.6 is 0 Å². The van der Waals surface area contributed by atoms with Gasteiger partial charge in [-0.15, -0.1) is 0 Å². The Morgan fingerprint density at radius 3 is 2.39 bits per heavy atom. The van der Waals surface area contributed by atoms with Gasteiger partial charge >= 0.3 is 0 Å². The van der Waals surface area contributed by atoms with E-state index in [0.29, 0.717) is 19.5 Å². The summed E-state index contributed by atoms with van der Waals surface area (Å²) in [7, 11) is 0. The number of hydrogen-bond donors (Lipinski definition) is 1. The molecule has 1 fully saturated rings. The molecule has 31 heavy (non-hydrogen) atoms. The Kier molecular flexibility index (Phi) is 5.46. The van der Waals surface area contributed by atoms with Gasteiger partial charge in [0.2, 0.25) is 11.8 Å². The summed E-state index contributed by atoms with van der Waals surface area (Å²) in [5.74, 6) is 0.228. The Bertz CT molecular complexity index is 1100. The third kappa shape index (κ3) is 4.07. The lowest BCUT2D eigenvalue weighted by Gasteiger charge is -2.31. The number of aryl methyl sites for hydroxylation is 3. The predicted molar refractivity (Wildman–Crippen MR) is 124 cm³/mol. The molecule has 1 N–H and O–H groups in total. The summed E-state index contributed by atoms with van der Waals surface area (Å²) in [6.45, 7) is 1.32. The maximum atomic E-state index is 13.0. The molecular formula is C27H28N2O2. The van der Waals surface area contributed by atoms with E-state index in [0.717, 1.165) is 43.2 Å². The molecule has 4 nitrogen and oxygen atoms in total. The second-order valence-corrected chi connectivity index (χ2v) is 8.74. The van der Waals surface area contributed by atoms with Crippen molar-refractivity contribution in [1.82, 2.24) is 4.90 Å². The molecule has 1 aliphatic carbocycles. The number of carbonyl (C=O) groups excluding carboxylic acids is 2. The molecule has 0 radical (unpaired) electrons. The van der Waals surface area contributed by atoms with E-state index >= 15 is 0 Å². The van der Waals surface area contributed by atoms with E-state index in [1.54, 1.807) is 0 Å². The molecule has 5 rings (SSSR count). The Morgan fingerprint density at radius 1 is 0.871 bits per heavy atom. The second kappa shape index (κ2) is 8.54. The average molecular weight is 413 g/mol. The van der Waals surface area contributed by atoms with Gasteiger partial charge in [0.25, 0.3) is 0 Å². The van der Waals surface area contributed by atoms with E-state index in [2.05, 4.69) is 41.7 Å². The van der Waals surface area contributed by atoms with Crippen LogP contribution in [0.1, 0.15) is 36.0 Å². The van der Waals surface area contributed by atoms with E-state index in [4.69, 9.17) is 0 Å². The Labute approximate surface area is 183 Å². The van der Waals surface area contributed by atoms with E-state index in [1.807, 2.05) is 29.2 Å². The molecule has 0 unspecified atom stereocenters.